The highest BCUT2D eigenvalue weighted by Crippen LogP contribution is 2.41. The van der Waals surface area contributed by atoms with Gasteiger partial charge in [-0.05, 0) is 29.3 Å². The van der Waals surface area contributed by atoms with Gasteiger partial charge < -0.3 is 19.4 Å². The average molecular weight is 532 g/mol. The highest BCUT2D eigenvalue weighted by atomic mass is 127. The molecular formula is C23H21IN2O5. The number of halogens is 1. The Morgan fingerprint density at radius 3 is 2.42 bits per heavy atom. The Kier molecular flexibility index (Phi) is 5.99. The summed E-state index contributed by atoms with van der Waals surface area (Å²) in [4.78, 5) is 42.7. The number of H-pyrrole nitrogens is 1. The number of alkyl halides is 1. The van der Waals surface area contributed by atoms with Gasteiger partial charge in [0.25, 0.3) is 0 Å². The van der Waals surface area contributed by atoms with Crippen LogP contribution >= 0.6 is 22.6 Å². The number of aromatic amines is 1. The molecule has 2 heterocycles. The number of para-hydroxylation sites is 1. The van der Waals surface area contributed by atoms with Crippen molar-refractivity contribution in [3.05, 3.63) is 70.9 Å². The minimum Gasteiger partial charge on any atom is -0.467 e. The Morgan fingerprint density at radius 2 is 1.77 bits per heavy atom. The van der Waals surface area contributed by atoms with Crippen LogP contribution in [-0.4, -0.2) is 52.4 Å². The summed E-state index contributed by atoms with van der Waals surface area (Å²) in [7, 11) is 2.66. The molecule has 8 heteroatoms. The molecule has 0 saturated carbocycles. The zero-order chi connectivity index (χ0) is 22.1. The van der Waals surface area contributed by atoms with E-state index < -0.39 is 24.0 Å². The van der Waals surface area contributed by atoms with Crippen molar-refractivity contribution >= 4 is 51.3 Å². The minimum absolute atomic E-state index is 0.164. The molecule has 3 aromatic rings. The number of nitrogens with one attached hydrogen (secondary N) is 1. The molecule has 0 fully saturated rings. The molecular weight excluding hydrogens is 511 g/mol. The van der Waals surface area contributed by atoms with E-state index in [1.54, 1.807) is 29.2 Å². The Hall–Kier alpha value is -2.88. The topological polar surface area (TPSA) is 88.7 Å². The molecule has 0 spiro atoms. The third-order valence-corrected chi connectivity index (χ3v) is 6.31. The second kappa shape index (κ2) is 8.70. The zero-order valence-corrected chi connectivity index (χ0v) is 19.2. The monoisotopic (exact) mass is 532 g/mol. The third kappa shape index (κ3) is 3.69. The molecule has 1 aromatic heterocycles. The molecule has 160 valence electrons. The van der Waals surface area contributed by atoms with E-state index in [-0.39, 0.29) is 10.3 Å². The van der Waals surface area contributed by atoms with E-state index in [1.165, 1.54) is 14.2 Å². The Balaban J connectivity index is 1.92. The molecule has 0 saturated heterocycles. The predicted octanol–water partition coefficient (Wildman–Crippen LogP) is 3.41. The van der Waals surface area contributed by atoms with Crippen molar-refractivity contribution in [1.29, 1.82) is 0 Å². The van der Waals surface area contributed by atoms with Crippen molar-refractivity contribution in [2.45, 2.75) is 18.5 Å². The van der Waals surface area contributed by atoms with E-state index in [2.05, 4.69) is 4.98 Å². The van der Waals surface area contributed by atoms with Crippen molar-refractivity contribution in [3.63, 3.8) is 0 Å². The normalized spacial score (nSPS) is 17.8. The van der Waals surface area contributed by atoms with Crippen LogP contribution in [0.4, 0.5) is 0 Å². The standard InChI is InChI=1S/C23H21IN2O5/c1-30-22(28)14-9-7-13(8-10-14)21-20-16(15-5-3-4-6-17(15)25-20)11-18(23(29)31-2)26(21)19(27)12-24/h3-10,18,21,25H,11-12H2,1-2H3/t18-,21+/m1/s1. The van der Waals surface area contributed by atoms with E-state index in [0.717, 1.165) is 27.7 Å². The summed E-state index contributed by atoms with van der Waals surface area (Å²) in [6.07, 6.45) is 0.366. The van der Waals surface area contributed by atoms with Crippen molar-refractivity contribution in [2.75, 3.05) is 18.6 Å². The Labute approximate surface area is 192 Å². The number of benzene rings is 2. The van der Waals surface area contributed by atoms with Crippen LogP contribution in [0.5, 0.6) is 0 Å². The van der Waals surface area contributed by atoms with Gasteiger partial charge in [-0.15, -0.1) is 0 Å². The lowest BCUT2D eigenvalue weighted by Gasteiger charge is -2.40. The van der Waals surface area contributed by atoms with Crippen molar-refractivity contribution in [2.24, 2.45) is 0 Å². The maximum absolute atomic E-state index is 13.1. The first kappa shape index (κ1) is 21.4. The van der Waals surface area contributed by atoms with E-state index in [9.17, 15) is 14.4 Å². The van der Waals surface area contributed by atoms with Crippen molar-refractivity contribution < 1.29 is 23.9 Å². The minimum atomic E-state index is -0.746. The summed E-state index contributed by atoms with van der Waals surface area (Å²) in [5, 5.41) is 1.02. The largest absolute Gasteiger partial charge is 0.467 e. The number of hydrogen-bond acceptors (Lipinski definition) is 5. The molecule has 0 bridgehead atoms. The van der Waals surface area contributed by atoms with Gasteiger partial charge >= 0.3 is 11.9 Å². The predicted molar refractivity (Wildman–Crippen MR) is 123 cm³/mol. The van der Waals surface area contributed by atoms with Crippen LogP contribution in [0.3, 0.4) is 0 Å². The van der Waals surface area contributed by atoms with Gasteiger partial charge in [-0.1, -0.05) is 52.9 Å². The molecule has 0 unspecified atom stereocenters. The molecule has 2 aromatic carbocycles. The summed E-state index contributed by atoms with van der Waals surface area (Å²) in [6.45, 7) is 0. The van der Waals surface area contributed by atoms with Crippen LogP contribution in [0.2, 0.25) is 0 Å². The highest BCUT2D eigenvalue weighted by molar-refractivity contribution is 14.1. The second-order valence-corrected chi connectivity index (χ2v) is 8.02. The smallest absolute Gasteiger partial charge is 0.337 e. The lowest BCUT2D eigenvalue weighted by atomic mass is 9.87. The van der Waals surface area contributed by atoms with Crippen LogP contribution in [0.1, 0.15) is 33.2 Å². The molecule has 1 amide bonds. The van der Waals surface area contributed by atoms with Crippen LogP contribution in [0.25, 0.3) is 10.9 Å². The molecule has 2 atom stereocenters. The quantitative estimate of drug-likeness (QED) is 0.316. The third-order valence-electron chi connectivity index (χ3n) is 5.65. The van der Waals surface area contributed by atoms with Gasteiger partial charge in [0.15, 0.2) is 0 Å². The molecule has 31 heavy (non-hydrogen) atoms. The number of rotatable bonds is 4. The van der Waals surface area contributed by atoms with Crippen molar-refractivity contribution in [1.82, 2.24) is 9.88 Å². The number of nitrogens with zero attached hydrogens (tertiary/aromatic N) is 1. The Bertz CT molecular complexity index is 1150. The number of carbonyl (C=O) groups is 3. The molecule has 4 rings (SSSR count). The highest BCUT2D eigenvalue weighted by Gasteiger charge is 2.43. The molecule has 7 nitrogen and oxygen atoms in total. The summed E-state index contributed by atoms with van der Waals surface area (Å²) >= 11 is 2.01. The summed E-state index contributed by atoms with van der Waals surface area (Å²) in [6, 6.07) is 13.5. The average Bonchev–Trinajstić information content (AvgIpc) is 3.19. The van der Waals surface area contributed by atoms with Crippen LogP contribution in [0, 0.1) is 0 Å². The maximum Gasteiger partial charge on any atom is 0.337 e. The van der Waals surface area contributed by atoms with Crippen LogP contribution in [0.15, 0.2) is 48.5 Å². The zero-order valence-electron chi connectivity index (χ0n) is 17.1. The van der Waals surface area contributed by atoms with Gasteiger partial charge in [0.05, 0.1) is 30.3 Å². The van der Waals surface area contributed by atoms with Gasteiger partial charge in [0.1, 0.15) is 6.04 Å². The van der Waals surface area contributed by atoms with Crippen molar-refractivity contribution in [3.8, 4) is 0 Å². The van der Waals surface area contributed by atoms with E-state index >= 15 is 0 Å². The summed E-state index contributed by atoms with van der Waals surface area (Å²) in [5.74, 6) is -1.05. The van der Waals surface area contributed by atoms with E-state index in [4.69, 9.17) is 9.47 Å². The first-order valence-corrected chi connectivity index (χ1v) is 11.3. The lowest BCUT2D eigenvalue weighted by molar-refractivity contribution is -0.154. The van der Waals surface area contributed by atoms with Gasteiger partial charge in [-0.3, -0.25) is 4.79 Å². The number of hydrogen-bond donors (Lipinski definition) is 1. The number of amides is 1. The van der Waals surface area contributed by atoms with Gasteiger partial charge in [0, 0.05) is 23.0 Å². The Morgan fingerprint density at radius 1 is 1.06 bits per heavy atom. The van der Waals surface area contributed by atoms with Gasteiger partial charge in [0.2, 0.25) is 5.91 Å². The summed E-state index contributed by atoms with van der Waals surface area (Å²) in [5.41, 5.74) is 3.99. The number of methoxy groups -OCH3 is 2. The van der Waals surface area contributed by atoms with Gasteiger partial charge in [-0.2, -0.15) is 0 Å². The number of ether oxygens (including phenoxy) is 2. The summed E-state index contributed by atoms with van der Waals surface area (Å²) < 4.78 is 10.1. The second-order valence-electron chi connectivity index (χ2n) is 7.26. The molecule has 0 radical (unpaired) electrons. The molecule has 1 aliphatic rings. The number of esters is 2. The first-order chi connectivity index (χ1) is 15.0. The van der Waals surface area contributed by atoms with E-state index in [0.29, 0.717) is 12.0 Å². The maximum atomic E-state index is 13.1. The van der Waals surface area contributed by atoms with Gasteiger partial charge in [-0.25, -0.2) is 9.59 Å². The fourth-order valence-electron chi connectivity index (χ4n) is 4.25. The number of fused-ring (bicyclic) bond motifs is 3. The lowest BCUT2D eigenvalue weighted by Crippen LogP contribution is -2.52. The van der Waals surface area contributed by atoms with Crippen LogP contribution in [-0.2, 0) is 25.5 Å². The SMILES string of the molecule is COC(=O)c1ccc([C@H]2c3[nH]c4ccccc4c3C[C@H](C(=O)OC)N2C(=O)CI)cc1. The first-order valence-electron chi connectivity index (χ1n) is 9.72. The van der Waals surface area contributed by atoms with E-state index in [1.807, 2.05) is 46.9 Å². The molecule has 1 N–H and O–H groups in total. The number of carbonyl (C=O) groups excluding carboxylic acids is 3. The fraction of sp³-hybridized carbons (Fsp3) is 0.261. The fourth-order valence-corrected chi connectivity index (χ4v) is 4.65. The molecule has 0 aliphatic carbocycles. The van der Waals surface area contributed by atoms with Crippen LogP contribution < -0.4 is 0 Å². The molecule has 1 aliphatic heterocycles. The number of aromatic nitrogens is 1.